The zero-order valence-electron chi connectivity index (χ0n) is 12.9. The summed E-state index contributed by atoms with van der Waals surface area (Å²) in [5, 5.41) is 0. The van der Waals surface area contributed by atoms with Crippen LogP contribution in [-0.2, 0) is 9.53 Å². The van der Waals surface area contributed by atoms with Gasteiger partial charge in [0, 0.05) is 13.0 Å². The lowest BCUT2D eigenvalue weighted by Gasteiger charge is -2.44. The Morgan fingerprint density at radius 2 is 2.25 bits per heavy atom. The summed E-state index contributed by atoms with van der Waals surface area (Å²) in [7, 11) is 1.79. The number of carbonyl (C=O) groups excluding carboxylic acids is 1. The lowest BCUT2D eigenvalue weighted by molar-refractivity contribution is -0.104. The summed E-state index contributed by atoms with van der Waals surface area (Å²) in [6, 6.07) is 0. The molecule has 1 fully saturated rings. The fourth-order valence-electron chi connectivity index (χ4n) is 3.41. The Morgan fingerprint density at radius 1 is 1.50 bits per heavy atom. The van der Waals surface area contributed by atoms with E-state index in [1.807, 2.05) is 0 Å². The third-order valence-corrected chi connectivity index (χ3v) is 5.71. The fourth-order valence-corrected chi connectivity index (χ4v) is 3.72. The second-order valence-electron chi connectivity index (χ2n) is 6.18. The van der Waals surface area contributed by atoms with E-state index in [0.29, 0.717) is 5.92 Å². The molecule has 3 heteroatoms. The van der Waals surface area contributed by atoms with Crippen LogP contribution >= 0.6 is 22.6 Å². The van der Waals surface area contributed by atoms with E-state index in [0.717, 1.165) is 12.7 Å². The van der Waals surface area contributed by atoms with E-state index >= 15 is 0 Å². The smallest absolute Gasteiger partial charge is 0.142 e. The van der Waals surface area contributed by atoms with E-state index in [1.54, 1.807) is 13.2 Å². The molecule has 1 aliphatic carbocycles. The van der Waals surface area contributed by atoms with Crippen LogP contribution in [0.1, 0.15) is 52.4 Å². The number of aldehydes is 1. The average Bonchev–Trinajstić information content (AvgIpc) is 2.45. The van der Waals surface area contributed by atoms with Crippen molar-refractivity contribution in [1.82, 2.24) is 0 Å². The minimum absolute atomic E-state index is 0.254. The number of halogens is 1. The molecule has 1 saturated carbocycles. The van der Waals surface area contributed by atoms with E-state index < -0.39 is 0 Å². The van der Waals surface area contributed by atoms with E-state index in [2.05, 4.69) is 46.6 Å². The highest BCUT2D eigenvalue weighted by Gasteiger charge is 2.40. The van der Waals surface area contributed by atoms with Crippen molar-refractivity contribution in [3.05, 3.63) is 21.8 Å². The van der Waals surface area contributed by atoms with Crippen molar-refractivity contribution in [3.8, 4) is 0 Å². The van der Waals surface area contributed by atoms with Gasteiger partial charge in [-0.1, -0.05) is 47.6 Å². The van der Waals surface area contributed by atoms with Crippen molar-refractivity contribution < 1.29 is 9.53 Å². The molecule has 0 radical (unpaired) electrons. The largest absolute Gasteiger partial charge is 0.381 e. The molecule has 0 N–H and O–H groups in total. The minimum Gasteiger partial charge on any atom is -0.381 e. The molecule has 0 aliphatic heterocycles. The Hall–Kier alpha value is -0.160. The number of allylic oxidation sites excluding steroid dienone is 2. The quantitative estimate of drug-likeness (QED) is 0.345. The third kappa shape index (κ3) is 4.99. The second-order valence-corrected chi connectivity index (χ2v) is 6.80. The monoisotopic (exact) mass is 390 g/mol. The highest BCUT2D eigenvalue weighted by molar-refractivity contribution is 14.1. The van der Waals surface area contributed by atoms with Gasteiger partial charge in [0.2, 0.25) is 0 Å². The molecule has 0 aromatic rings. The third-order valence-electron chi connectivity index (χ3n) is 4.65. The summed E-state index contributed by atoms with van der Waals surface area (Å²) < 4.78 is 7.83. The first kappa shape index (κ1) is 17.9. The molecule has 0 bridgehead atoms. The number of hydrogen-bond acceptors (Lipinski definition) is 2. The maximum Gasteiger partial charge on any atom is 0.142 e. The van der Waals surface area contributed by atoms with Gasteiger partial charge < -0.3 is 4.74 Å². The van der Waals surface area contributed by atoms with E-state index in [-0.39, 0.29) is 11.5 Å². The van der Waals surface area contributed by atoms with Gasteiger partial charge in [0.1, 0.15) is 6.29 Å². The lowest BCUT2D eigenvalue weighted by Crippen LogP contribution is -2.40. The summed E-state index contributed by atoms with van der Waals surface area (Å²) >= 11 is 2.31. The zero-order chi connectivity index (χ0) is 15.0. The van der Waals surface area contributed by atoms with Crippen LogP contribution in [0.3, 0.4) is 0 Å². The van der Waals surface area contributed by atoms with Gasteiger partial charge in [0.05, 0.1) is 6.10 Å². The van der Waals surface area contributed by atoms with Crippen LogP contribution < -0.4 is 0 Å². The number of ether oxygens (including phenoxy) is 1. The van der Waals surface area contributed by atoms with Gasteiger partial charge in [0.25, 0.3) is 0 Å². The van der Waals surface area contributed by atoms with Crippen molar-refractivity contribution in [3.63, 3.8) is 0 Å². The van der Waals surface area contributed by atoms with Crippen LogP contribution in [0.5, 0.6) is 0 Å². The summed E-state index contributed by atoms with van der Waals surface area (Å²) in [5.41, 5.74) is 1.71. The maximum absolute atomic E-state index is 10.7. The van der Waals surface area contributed by atoms with Crippen molar-refractivity contribution in [2.75, 3.05) is 7.11 Å². The summed E-state index contributed by atoms with van der Waals surface area (Å²) in [6.45, 7) is 4.55. The lowest BCUT2D eigenvalue weighted by atomic mass is 9.63. The Kier molecular flexibility index (Phi) is 8.03. The average molecular weight is 390 g/mol. The molecule has 0 amide bonds. The SMILES string of the molecule is CO[C@H]1CCC[C@@](C)(CCC/C(C)=C\I)[C@H]1/C=C/C=O. The van der Waals surface area contributed by atoms with Crippen molar-refractivity contribution in [1.29, 1.82) is 0 Å². The highest BCUT2D eigenvalue weighted by atomic mass is 127. The topological polar surface area (TPSA) is 26.3 Å². The van der Waals surface area contributed by atoms with Gasteiger partial charge in [-0.3, -0.25) is 4.79 Å². The molecule has 0 spiro atoms. The van der Waals surface area contributed by atoms with Crippen molar-refractivity contribution >= 4 is 28.9 Å². The highest BCUT2D eigenvalue weighted by Crippen LogP contribution is 2.46. The van der Waals surface area contributed by atoms with Crippen LogP contribution in [0.4, 0.5) is 0 Å². The van der Waals surface area contributed by atoms with Gasteiger partial charge in [-0.15, -0.1) is 0 Å². The van der Waals surface area contributed by atoms with Crippen molar-refractivity contribution in [2.45, 2.75) is 58.5 Å². The van der Waals surface area contributed by atoms with Crippen LogP contribution in [0.15, 0.2) is 21.8 Å². The predicted molar refractivity (Wildman–Crippen MR) is 93.1 cm³/mol. The Morgan fingerprint density at radius 3 is 2.85 bits per heavy atom. The molecule has 3 atom stereocenters. The van der Waals surface area contributed by atoms with Crippen molar-refractivity contribution in [2.24, 2.45) is 11.3 Å². The number of hydrogen-bond donors (Lipinski definition) is 0. The Balaban J connectivity index is 2.74. The number of carbonyl (C=O) groups is 1. The molecular weight excluding hydrogens is 363 g/mol. The summed E-state index contributed by atoms with van der Waals surface area (Å²) in [4.78, 5) is 10.7. The maximum atomic E-state index is 10.7. The zero-order valence-corrected chi connectivity index (χ0v) is 15.1. The molecule has 20 heavy (non-hydrogen) atoms. The Labute approximate surface area is 137 Å². The molecule has 114 valence electrons. The van der Waals surface area contributed by atoms with Gasteiger partial charge >= 0.3 is 0 Å². The standard InChI is InChI=1S/C17H27IO2/c1-14(13-18)7-4-10-17(2)11-5-9-16(20-3)15(17)8-6-12-19/h6,8,12-13,15-16H,4-5,7,9-11H2,1-3H3/b8-6+,14-13-/t15-,16-,17+/m0/s1. The fraction of sp³-hybridized carbons (Fsp3) is 0.706. The molecule has 0 heterocycles. The van der Waals surface area contributed by atoms with Gasteiger partial charge in [-0.2, -0.15) is 0 Å². The van der Waals surface area contributed by atoms with Crippen LogP contribution in [0.2, 0.25) is 0 Å². The minimum atomic E-state index is 0.254. The molecule has 0 aromatic carbocycles. The van der Waals surface area contributed by atoms with Crippen LogP contribution in [0.25, 0.3) is 0 Å². The Bertz CT molecular complexity index is 362. The molecule has 0 unspecified atom stereocenters. The van der Waals surface area contributed by atoms with Gasteiger partial charge in [-0.05, 0) is 54.6 Å². The normalized spacial score (nSPS) is 31.7. The molecule has 0 saturated heterocycles. The first-order chi connectivity index (χ1) is 9.57. The van der Waals surface area contributed by atoms with E-state index in [1.165, 1.54) is 37.7 Å². The summed E-state index contributed by atoms with van der Waals surface area (Å²) in [5.74, 6) is 0.357. The molecule has 2 nitrogen and oxygen atoms in total. The summed E-state index contributed by atoms with van der Waals surface area (Å²) in [6.07, 6.45) is 12.0. The van der Waals surface area contributed by atoms with Gasteiger partial charge in [-0.25, -0.2) is 0 Å². The molecule has 1 rings (SSSR count). The van der Waals surface area contributed by atoms with E-state index in [4.69, 9.17) is 4.74 Å². The van der Waals surface area contributed by atoms with Crippen LogP contribution in [-0.4, -0.2) is 19.5 Å². The number of methoxy groups -OCH3 is 1. The predicted octanol–water partition coefficient (Wildman–Crippen LogP) is 5.07. The second kappa shape index (κ2) is 8.98. The molecule has 1 aliphatic rings. The van der Waals surface area contributed by atoms with Crippen LogP contribution in [0, 0.1) is 11.3 Å². The number of rotatable bonds is 7. The molecular formula is C17H27IO2. The first-order valence-corrected chi connectivity index (χ1v) is 8.72. The first-order valence-electron chi connectivity index (χ1n) is 7.48. The van der Waals surface area contributed by atoms with Gasteiger partial charge in [0.15, 0.2) is 0 Å². The van der Waals surface area contributed by atoms with E-state index in [9.17, 15) is 4.79 Å². The molecule has 0 aromatic heterocycles.